The molecule has 0 aliphatic carbocycles. The van der Waals surface area contributed by atoms with Gasteiger partial charge in [-0.25, -0.2) is 9.80 Å². The summed E-state index contributed by atoms with van der Waals surface area (Å²) in [5.41, 5.74) is 2.75. The lowest BCUT2D eigenvalue weighted by molar-refractivity contribution is -0.0498. The van der Waals surface area contributed by atoms with Crippen molar-refractivity contribution in [3.63, 3.8) is 0 Å². The molecule has 5 rings (SSSR count). The van der Waals surface area contributed by atoms with E-state index in [0.29, 0.717) is 46.7 Å². The zero-order chi connectivity index (χ0) is 24.4. The summed E-state index contributed by atoms with van der Waals surface area (Å²) in [5, 5.41) is 9.34. The number of hydrogen-bond donors (Lipinski definition) is 1. The van der Waals surface area contributed by atoms with Gasteiger partial charge in [-0.2, -0.15) is 13.9 Å². The largest absolute Gasteiger partial charge is 0.486 e. The minimum atomic E-state index is -2.91. The predicted molar refractivity (Wildman–Crippen MR) is 127 cm³/mol. The van der Waals surface area contributed by atoms with Gasteiger partial charge in [-0.15, -0.1) is 0 Å². The monoisotopic (exact) mass is 499 g/mol. The van der Waals surface area contributed by atoms with Gasteiger partial charge in [0.2, 0.25) is 0 Å². The maximum atomic E-state index is 13.1. The summed E-state index contributed by atoms with van der Waals surface area (Å²) in [7, 11) is 0. The number of benzene rings is 3. The maximum absolute atomic E-state index is 13.1. The van der Waals surface area contributed by atoms with E-state index in [9.17, 15) is 13.6 Å². The Morgan fingerprint density at radius 3 is 2.46 bits per heavy atom. The smallest absolute Gasteiger partial charge is 0.387 e. The molecule has 0 fully saturated rings. The number of fused-ring (bicyclic) bond motifs is 1. The van der Waals surface area contributed by atoms with Crippen LogP contribution in [0.2, 0.25) is 5.02 Å². The van der Waals surface area contributed by atoms with E-state index in [2.05, 4.69) is 15.2 Å². The zero-order valence-corrected chi connectivity index (χ0v) is 19.0. The number of ether oxygens (including phenoxy) is 3. The Balaban J connectivity index is 1.40. The Morgan fingerprint density at radius 2 is 1.74 bits per heavy atom. The number of amides is 2. The summed E-state index contributed by atoms with van der Waals surface area (Å²) in [4.78, 5) is 13.1. The van der Waals surface area contributed by atoms with Crippen LogP contribution in [0.1, 0.15) is 17.0 Å². The molecule has 0 saturated carbocycles. The van der Waals surface area contributed by atoms with Gasteiger partial charge in [0.25, 0.3) is 0 Å². The number of carbonyl (C=O) groups is 1. The van der Waals surface area contributed by atoms with Gasteiger partial charge in [0.05, 0.1) is 12.3 Å². The molecule has 10 heteroatoms. The Kier molecular flexibility index (Phi) is 6.41. The van der Waals surface area contributed by atoms with Crippen LogP contribution in [0.3, 0.4) is 0 Å². The Labute approximate surface area is 204 Å². The molecule has 1 atom stereocenters. The van der Waals surface area contributed by atoms with Gasteiger partial charge in [0.1, 0.15) is 19.0 Å². The minimum absolute atomic E-state index is 0.0404. The molecular weight excluding hydrogens is 480 g/mol. The van der Waals surface area contributed by atoms with Crippen molar-refractivity contribution in [2.45, 2.75) is 12.5 Å². The molecule has 3 aromatic carbocycles. The summed E-state index contributed by atoms with van der Waals surface area (Å²) in [6, 6.07) is 18.2. The lowest BCUT2D eigenvalue weighted by atomic mass is 9.90. The fourth-order valence-electron chi connectivity index (χ4n) is 3.96. The van der Waals surface area contributed by atoms with Crippen molar-refractivity contribution in [2.75, 3.05) is 25.1 Å². The molecule has 0 bridgehead atoms. The second kappa shape index (κ2) is 9.79. The second-order valence-electron chi connectivity index (χ2n) is 7.86. The number of halogens is 3. The minimum Gasteiger partial charge on any atom is -0.486 e. The maximum Gasteiger partial charge on any atom is 0.387 e. The molecule has 2 aliphatic heterocycles. The lowest BCUT2D eigenvalue weighted by Gasteiger charge is -2.20. The number of carbonyl (C=O) groups excluding carboxylic acids is 1. The summed E-state index contributed by atoms with van der Waals surface area (Å²) in [6.45, 7) is -1.71. The predicted octanol–water partition coefficient (Wildman–Crippen LogP) is 5.75. The van der Waals surface area contributed by atoms with E-state index in [0.717, 1.165) is 5.56 Å². The van der Waals surface area contributed by atoms with Gasteiger partial charge >= 0.3 is 12.6 Å². The molecule has 2 aliphatic rings. The first kappa shape index (κ1) is 22.9. The molecule has 0 radical (unpaired) electrons. The van der Waals surface area contributed by atoms with Gasteiger partial charge < -0.3 is 19.5 Å². The molecule has 1 N–H and O–H groups in total. The van der Waals surface area contributed by atoms with Crippen molar-refractivity contribution >= 4 is 29.0 Å². The molecule has 35 heavy (non-hydrogen) atoms. The van der Waals surface area contributed by atoms with Crippen LogP contribution >= 0.6 is 11.6 Å². The van der Waals surface area contributed by atoms with Crippen LogP contribution < -0.4 is 19.5 Å². The van der Waals surface area contributed by atoms with Gasteiger partial charge in [-0.1, -0.05) is 23.7 Å². The fraction of sp³-hybridized carbons (Fsp3) is 0.200. The molecule has 7 nitrogen and oxygen atoms in total. The van der Waals surface area contributed by atoms with Crippen LogP contribution in [0, 0.1) is 0 Å². The highest BCUT2D eigenvalue weighted by Crippen LogP contribution is 2.34. The van der Waals surface area contributed by atoms with Crippen LogP contribution in [-0.2, 0) is 0 Å². The molecule has 1 unspecified atom stereocenters. The van der Waals surface area contributed by atoms with Crippen LogP contribution in [-0.4, -0.2) is 43.1 Å². The number of rotatable bonds is 5. The fourth-order valence-corrected chi connectivity index (χ4v) is 4.09. The standard InChI is InChI=1S/C25H20ClF2N3O4/c26-17-5-1-15(2-6-17)20-14-31(30-23(20)16-3-8-19(9-4-16)35-24(27)28)25(32)29-18-7-10-21-22(13-18)34-12-11-33-21/h1-10,13,20,24H,11-12,14H2,(H,29,32). The van der Waals surface area contributed by atoms with Gasteiger partial charge in [0, 0.05) is 22.7 Å². The van der Waals surface area contributed by atoms with Crippen LogP contribution in [0.4, 0.5) is 19.3 Å². The Bertz CT molecular complexity index is 1250. The van der Waals surface area contributed by atoms with Crippen LogP contribution in [0.5, 0.6) is 17.2 Å². The van der Waals surface area contributed by atoms with E-state index in [-0.39, 0.29) is 18.2 Å². The molecule has 3 aromatic rings. The molecule has 0 aromatic heterocycles. The average Bonchev–Trinajstić information content (AvgIpc) is 3.30. The Morgan fingerprint density at radius 1 is 1.03 bits per heavy atom. The first-order valence-corrected chi connectivity index (χ1v) is 11.2. The summed E-state index contributed by atoms with van der Waals surface area (Å²) in [6.07, 6.45) is 0. The Hall–Kier alpha value is -3.85. The highest BCUT2D eigenvalue weighted by Gasteiger charge is 2.32. The third kappa shape index (κ3) is 5.14. The summed E-state index contributed by atoms with van der Waals surface area (Å²) in [5.74, 6) is 0.973. The van der Waals surface area contributed by atoms with Gasteiger partial charge in [-0.3, -0.25) is 0 Å². The first-order chi connectivity index (χ1) is 17.0. The quantitative estimate of drug-likeness (QED) is 0.485. The van der Waals surface area contributed by atoms with E-state index in [4.69, 9.17) is 21.1 Å². The first-order valence-electron chi connectivity index (χ1n) is 10.8. The topological polar surface area (TPSA) is 72.4 Å². The van der Waals surface area contributed by atoms with E-state index in [1.807, 2.05) is 12.1 Å². The molecule has 0 spiro atoms. The molecule has 0 saturated heterocycles. The molecule has 180 valence electrons. The molecule has 2 heterocycles. The van der Waals surface area contributed by atoms with Crippen molar-refractivity contribution in [2.24, 2.45) is 5.10 Å². The SMILES string of the molecule is O=C(Nc1ccc2c(c1)OCCO2)N1CC(c2ccc(Cl)cc2)C(c2ccc(OC(F)F)cc2)=N1. The second-order valence-corrected chi connectivity index (χ2v) is 8.30. The number of hydrazone groups is 1. The number of anilines is 1. The molecular formula is C25H20ClF2N3O4. The number of hydrogen-bond acceptors (Lipinski definition) is 5. The van der Waals surface area contributed by atoms with Crippen molar-refractivity contribution in [1.82, 2.24) is 5.01 Å². The van der Waals surface area contributed by atoms with Gasteiger partial charge in [0.15, 0.2) is 11.5 Å². The molecule has 2 amide bonds. The van der Waals surface area contributed by atoms with Crippen molar-refractivity contribution in [1.29, 1.82) is 0 Å². The third-order valence-electron chi connectivity index (χ3n) is 5.59. The summed E-state index contributed by atoms with van der Waals surface area (Å²) >= 11 is 6.05. The van der Waals surface area contributed by atoms with E-state index in [1.165, 1.54) is 17.1 Å². The van der Waals surface area contributed by atoms with Gasteiger partial charge in [-0.05, 0) is 59.7 Å². The lowest BCUT2D eigenvalue weighted by Crippen LogP contribution is -2.30. The highest BCUT2D eigenvalue weighted by molar-refractivity contribution is 6.30. The number of nitrogens with zero attached hydrogens (tertiary/aromatic N) is 2. The van der Waals surface area contributed by atoms with E-state index in [1.54, 1.807) is 42.5 Å². The zero-order valence-electron chi connectivity index (χ0n) is 18.3. The highest BCUT2D eigenvalue weighted by atomic mass is 35.5. The number of urea groups is 1. The van der Waals surface area contributed by atoms with Crippen molar-refractivity contribution in [3.05, 3.63) is 82.9 Å². The van der Waals surface area contributed by atoms with Crippen molar-refractivity contribution in [3.8, 4) is 17.2 Å². The number of nitrogens with one attached hydrogen (secondary N) is 1. The number of alkyl halides is 2. The summed E-state index contributed by atoms with van der Waals surface area (Å²) < 4.78 is 40.6. The normalized spacial score (nSPS) is 16.7. The van der Waals surface area contributed by atoms with E-state index < -0.39 is 12.6 Å². The van der Waals surface area contributed by atoms with Crippen LogP contribution in [0.15, 0.2) is 71.8 Å². The van der Waals surface area contributed by atoms with Crippen molar-refractivity contribution < 1.29 is 27.8 Å². The average molecular weight is 500 g/mol. The van der Waals surface area contributed by atoms with E-state index >= 15 is 0 Å². The van der Waals surface area contributed by atoms with Crippen LogP contribution in [0.25, 0.3) is 0 Å². The third-order valence-corrected chi connectivity index (χ3v) is 5.84.